The number of amides is 1. The van der Waals surface area contributed by atoms with E-state index in [1.165, 1.54) is 22.4 Å². The van der Waals surface area contributed by atoms with Crippen LogP contribution < -0.4 is 10.6 Å². The summed E-state index contributed by atoms with van der Waals surface area (Å²) in [6.07, 6.45) is -3.48. The van der Waals surface area contributed by atoms with E-state index in [1.807, 2.05) is 47.6 Å². The van der Waals surface area contributed by atoms with E-state index < -0.39 is 29.1 Å². The number of ether oxygens (including phenoxy) is 1. The van der Waals surface area contributed by atoms with E-state index >= 15 is 13.2 Å². The fourth-order valence-electron chi connectivity index (χ4n) is 6.91. The lowest BCUT2D eigenvalue weighted by Crippen LogP contribution is -2.59. The van der Waals surface area contributed by atoms with Gasteiger partial charge in [-0.3, -0.25) is 9.47 Å². The van der Waals surface area contributed by atoms with Crippen molar-refractivity contribution in [1.29, 1.82) is 0 Å². The zero-order chi connectivity index (χ0) is 35.0. The number of imidazole rings is 1. The van der Waals surface area contributed by atoms with Crippen molar-refractivity contribution in [2.24, 2.45) is 0 Å². The molecule has 49 heavy (non-hydrogen) atoms. The van der Waals surface area contributed by atoms with E-state index in [-0.39, 0.29) is 54.5 Å². The molecule has 3 aromatic heterocycles. The topological polar surface area (TPSA) is 85.5 Å². The number of rotatable bonds is 3. The zero-order valence-corrected chi connectivity index (χ0v) is 29.8. The Morgan fingerprint density at radius 2 is 1.78 bits per heavy atom. The van der Waals surface area contributed by atoms with Crippen molar-refractivity contribution in [3.05, 3.63) is 69.2 Å². The van der Waals surface area contributed by atoms with Crippen LogP contribution in [-0.2, 0) is 17.5 Å². The van der Waals surface area contributed by atoms with Crippen molar-refractivity contribution < 1.29 is 22.7 Å². The number of fused-ring (bicyclic) bond motifs is 1. The minimum Gasteiger partial charge on any atom is -0.444 e. The molecule has 2 aromatic carbocycles. The van der Waals surface area contributed by atoms with Gasteiger partial charge in [0.1, 0.15) is 11.4 Å². The van der Waals surface area contributed by atoms with Gasteiger partial charge in [0.25, 0.3) is 0 Å². The summed E-state index contributed by atoms with van der Waals surface area (Å²) in [5.74, 6) is 0.538. The summed E-state index contributed by atoms with van der Waals surface area (Å²) >= 11 is 8.69. The first kappa shape index (κ1) is 33.7. The van der Waals surface area contributed by atoms with Crippen LogP contribution in [0.15, 0.2) is 57.8 Å². The van der Waals surface area contributed by atoms with E-state index in [1.54, 1.807) is 37.4 Å². The van der Waals surface area contributed by atoms with Crippen LogP contribution in [0.4, 0.5) is 23.8 Å². The van der Waals surface area contributed by atoms with Crippen molar-refractivity contribution in [2.45, 2.75) is 76.0 Å². The molecule has 0 radical (unpaired) electrons. The average Bonchev–Trinajstić information content (AvgIpc) is 3.58. The van der Waals surface area contributed by atoms with E-state index in [0.29, 0.717) is 26.1 Å². The highest BCUT2D eigenvalue weighted by atomic mass is 35.5. The molecular formula is C34H34ClF3N6O3S2. The molecule has 3 atom stereocenters. The molecule has 7 rings (SSSR count). The van der Waals surface area contributed by atoms with Gasteiger partial charge in [0, 0.05) is 51.5 Å². The lowest BCUT2D eigenvalue weighted by Gasteiger charge is -2.45. The van der Waals surface area contributed by atoms with E-state index in [4.69, 9.17) is 16.3 Å². The summed E-state index contributed by atoms with van der Waals surface area (Å²) in [5, 5.41) is 2.16. The summed E-state index contributed by atoms with van der Waals surface area (Å²) < 4.78 is 54.5. The Kier molecular flexibility index (Phi) is 8.42. The van der Waals surface area contributed by atoms with Gasteiger partial charge in [-0.05, 0) is 58.9 Å². The van der Waals surface area contributed by atoms with Gasteiger partial charge < -0.3 is 14.2 Å². The number of aromatic nitrogens is 4. The molecule has 1 unspecified atom stereocenters. The number of thiophene rings is 1. The smallest absolute Gasteiger partial charge is 0.417 e. The summed E-state index contributed by atoms with van der Waals surface area (Å²) in [6.45, 7) is 9.74. The molecule has 1 amide bonds. The van der Waals surface area contributed by atoms with Crippen LogP contribution in [0.3, 0.4) is 0 Å². The molecule has 258 valence electrons. The number of carbonyl (C=O) groups is 1. The number of hydrogen-bond donors (Lipinski definition) is 0. The third kappa shape index (κ3) is 6.16. The Morgan fingerprint density at radius 3 is 2.43 bits per heavy atom. The summed E-state index contributed by atoms with van der Waals surface area (Å²) in [4.78, 5) is 40.5. The van der Waals surface area contributed by atoms with Gasteiger partial charge in [0.2, 0.25) is 0 Å². The predicted molar refractivity (Wildman–Crippen MR) is 188 cm³/mol. The van der Waals surface area contributed by atoms with Crippen LogP contribution in [0.25, 0.3) is 32.4 Å². The first-order valence-corrected chi connectivity index (χ1v) is 18.1. The second-order valence-corrected chi connectivity index (χ2v) is 16.0. The number of benzene rings is 2. The first-order chi connectivity index (χ1) is 23.1. The maximum Gasteiger partial charge on any atom is 0.417 e. The SMILES string of the molecule is C[C@@H]1CN(c2nc(=O)n3c4c(c(-c5cc(Cl)cs5)c(C(F)(F)F)cc24)SCC(n2cnc4ccccc42)C3)C[C@H](C)N1C(=O)OC(C)(C)C. The molecule has 5 aromatic rings. The average molecular weight is 731 g/mol. The molecule has 0 saturated carbocycles. The van der Waals surface area contributed by atoms with Crippen molar-refractivity contribution >= 4 is 68.5 Å². The molecule has 9 nitrogen and oxygen atoms in total. The third-order valence-electron chi connectivity index (χ3n) is 8.83. The summed E-state index contributed by atoms with van der Waals surface area (Å²) in [6, 6.07) is 9.21. The van der Waals surface area contributed by atoms with E-state index in [0.717, 1.165) is 28.4 Å². The second kappa shape index (κ2) is 12.2. The van der Waals surface area contributed by atoms with Crippen molar-refractivity contribution in [3.63, 3.8) is 0 Å². The van der Waals surface area contributed by atoms with Crippen molar-refractivity contribution in [1.82, 2.24) is 24.0 Å². The van der Waals surface area contributed by atoms with E-state index in [9.17, 15) is 9.59 Å². The lowest BCUT2D eigenvalue weighted by atomic mass is 10.0. The van der Waals surface area contributed by atoms with E-state index in [2.05, 4.69) is 9.97 Å². The molecule has 2 aliphatic rings. The molecule has 1 fully saturated rings. The molecule has 5 heterocycles. The van der Waals surface area contributed by atoms with Crippen LogP contribution in [-0.4, -0.2) is 66.6 Å². The minimum absolute atomic E-state index is 0.000166. The Hall–Kier alpha value is -3.75. The highest BCUT2D eigenvalue weighted by Crippen LogP contribution is 2.50. The number of alkyl halides is 3. The maximum atomic E-state index is 15.1. The van der Waals surface area contributed by atoms with Crippen LogP contribution in [0.1, 0.15) is 46.2 Å². The van der Waals surface area contributed by atoms with Crippen LogP contribution in [0.5, 0.6) is 0 Å². The molecule has 0 N–H and O–H groups in total. The number of halogens is 4. The number of piperazine rings is 1. The van der Waals surface area contributed by atoms with Gasteiger partial charge in [-0.2, -0.15) is 18.2 Å². The van der Waals surface area contributed by atoms with Gasteiger partial charge in [0.15, 0.2) is 0 Å². The highest BCUT2D eigenvalue weighted by Gasteiger charge is 2.41. The van der Waals surface area contributed by atoms with Crippen LogP contribution in [0, 0.1) is 0 Å². The number of anilines is 1. The number of carbonyl (C=O) groups excluding carboxylic acids is 1. The third-order valence-corrected chi connectivity index (χ3v) is 11.4. The first-order valence-electron chi connectivity index (χ1n) is 15.8. The molecule has 1 saturated heterocycles. The largest absolute Gasteiger partial charge is 0.444 e. The number of thioether (sulfide) groups is 1. The standard InChI is InChI=1S/C34H34ClF3N6O3S2/c1-18-12-41(13-19(2)44(18)32(46)47-33(3,4)5)30-22-11-23(34(36,37)38)27(26-10-20(35)15-48-26)29-28(22)42(31(45)40-30)14-21(16-49-29)43-17-39-24-8-6-7-9-25(24)43/h6-11,15,17-19,21H,12-14,16H2,1-5H3/t18-,19+,21?. The fourth-order valence-corrected chi connectivity index (χ4v) is 9.46. The van der Waals surface area contributed by atoms with Crippen LogP contribution in [0.2, 0.25) is 5.02 Å². The molecule has 0 bridgehead atoms. The zero-order valence-electron chi connectivity index (χ0n) is 27.4. The van der Waals surface area contributed by atoms with Gasteiger partial charge >= 0.3 is 18.0 Å². The fraction of sp³-hybridized carbons (Fsp3) is 0.412. The Morgan fingerprint density at radius 1 is 1.06 bits per heavy atom. The lowest BCUT2D eigenvalue weighted by molar-refractivity contribution is -0.137. The van der Waals surface area contributed by atoms with Crippen molar-refractivity contribution in [3.8, 4) is 10.4 Å². The number of para-hydroxylation sites is 2. The monoisotopic (exact) mass is 730 g/mol. The van der Waals surface area contributed by atoms with Gasteiger partial charge in [-0.25, -0.2) is 14.6 Å². The molecular weight excluding hydrogens is 697 g/mol. The van der Waals surface area contributed by atoms with Gasteiger partial charge in [-0.15, -0.1) is 23.1 Å². The second-order valence-electron chi connectivity index (χ2n) is 13.6. The number of nitrogens with zero attached hydrogens (tertiary/aromatic N) is 6. The molecule has 2 aliphatic heterocycles. The predicted octanol–water partition coefficient (Wildman–Crippen LogP) is 8.33. The Balaban J connectivity index is 1.42. The van der Waals surface area contributed by atoms with Crippen LogP contribution >= 0.6 is 34.7 Å². The molecule has 0 spiro atoms. The summed E-state index contributed by atoms with van der Waals surface area (Å²) in [5.41, 5.74) is -0.0496. The Labute approximate surface area is 293 Å². The van der Waals surface area contributed by atoms with Gasteiger partial charge in [0.05, 0.1) is 51.6 Å². The Bertz CT molecular complexity index is 2150. The molecule has 15 heteroatoms. The summed E-state index contributed by atoms with van der Waals surface area (Å²) in [7, 11) is 0. The maximum absolute atomic E-state index is 15.1. The van der Waals surface area contributed by atoms with Crippen molar-refractivity contribution in [2.75, 3.05) is 23.7 Å². The quantitative estimate of drug-likeness (QED) is 0.185. The highest BCUT2D eigenvalue weighted by molar-refractivity contribution is 7.99. The molecule has 0 aliphatic carbocycles. The normalized spacial score (nSPS) is 20.2. The van der Waals surface area contributed by atoms with Gasteiger partial charge in [-0.1, -0.05) is 23.7 Å². The number of hydrogen-bond acceptors (Lipinski definition) is 8. The minimum atomic E-state index is -4.72.